The molecule has 2 rings (SSSR count). The van der Waals surface area contributed by atoms with Crippen LogP contribution in [0.3, 0.4) is 0 Å². The fourth-order valence-electron chi connectivity index (χ4n) is 2.59. The van der Waals surface area contributed by atoms with Gasteiger partial charge in [-0.2, -0.15) is 5.26 Å². The molecule has 8 nitrogen and oxygen atoms in total. The molecule has 0 aliphatic carbocycles. The molecule has 0 spiro atoms. The van der Waals surface area contributed by atoms with Gasteiger partial charge in [0.05, 0.1) is 19.6 Å². The van der Waals surface area contributed by atoms with Crippen molar-refractivity contribution in [3.63, 3.8) is 0 Å². The number of rotatable bonds is 10. The summed E-state index contributed by atoms with van der Waals surface area (Å²) in [5.74, 6) is 1.59. The van der Waals surface area contributed by atoms with E-state index in [1.165, 1.54) is 0 Å². The molecule has 0 saturated heterocycles. The maximum absolute atomic E-state index is 12.8. The van der Waals surface area contributed by atoms with Gasteiger partial charge in [0.25, 0.3) is 0 Å². The molecule has 0 bridgehead atoms. The molecule has 29 heavy (non-hydrogen) atoms. The minimum atomic E-state index is -0.286. The zero-order chi connectivity index (χ0) is 21.1. The lowest BCUT2D eigenvalue weighted by Gasteiger charge is -2.23. The molecule has 1 aromatic heterocycles. The molecule has 154 valence electrons. The topological polar surface area (TPSA) is 90.7 Å². The molecule has 2 amide bonds. The number of carbonyl (C=O) groups is 1. The van der Waals surface area contributed by atoms with Crippen molar-refractivity contribution in [3.8, 4) is 23.4 Å². The Balaban J connectivity index is 2.07. The SMILES string of the molecule is COc1ccc(Oc2ncccc2NC(=O)N(CCC#N)CCCN(C)C)cc1. The number of hydrogen-bond acceptors (Lipinski definition) is 6. The molecule has 2 aromatic rings. The number of amides is 2. The number of aromatic nitrogens is 1. The van der Waals surface area contributed by atoms with E-state index >= 15 is 0 Å². The van der Waals surface area contributed by atoms with Crippen LogP contribution < -0.4 is 14.8 Å². The Morgan fingerprint density at radius 1 is 1.14 bits per heavy atom. The molecule has 1 N–H and O–H groups in total. The van der Waals surface area contributed by atoms with Crippen molar-refractivity contribution in [1.82, 2.24) is 14.8 Å². The number of anilines is 1. The van der Waals surface area contributed by atoms with E-state index in [0.717, 1.165) is 18.7 Å². The van der Waals surface area contributed by atoms with Gasteiger partial charge in [-0.3, -0.25) is 0 Å². The minimum Gasteiger partial charge on any atom is -0.497 e. The Morgan fingerprint density at radius 2 is 1.86 bits per heavy atom. The summed E-state index contributed by atoms with van der Waals surface area (Å²) in [7, 11) is 5.56. The third-order valence-electron chi connectivity index (χ3n) is 4.10. The van der Waals surface area contributed by atoms with Gasteiger partial charge in [0, 0.05) is 19.3 Å². The third-order valence-corrected chi connectivity index (χ3v) is 4.10. The first kappa shape index (κ1) is 22.0. The van der Waals surface area contributed by atoms with Gasteiger partial charge in [-0.15, -0.1) is 0 Å². The number of hydrogen-bond donors (Lipinski definition) is 1. The van der Waals surface area contributed by atoms with Gasteiger partial charge in [0.2, 0.25) is 5.88 Å². The zero-order valence-corrected chi connectivity index (χ0v) is 17.1. The second-order valence-corrected chi connectivity index (χ2v) is 6.62. The smallest absolute Gasteiger partial charge is 0.322 e. The Morgan fingerprint density at radius 3 is 2.52 bits per heavy atom. The van der Waals surface area contributed by atoms with Crippen molar-refractivity contribution >= 4 is 11.7 Å². The maximum atomic E-state index is 12.8. The highest BCUT2D eigenvalue weighted by molar-refractivity contribution is 5.90. The van der Waals surface area contributed by atoms with Crippen LogP contribution in [0.15, 0.2) is 42.6 Å². The van der Waals surface area contributed by atoms with Crippen LogP contribution in [0, 0.1) is 11.3 Å². The van der Waals surface area contributed by atoms with Crippen molar-refractivity contribution in [3.05, 3.63) is 42.6 Å². The summed E-state index contributed by atoms with van der Waals surface area (Å²) in [6.07, 6.45) is 2.69. The fraction of sp³-hybridized carbons (Fsp3) is 0.381. The molecular weight excluding hydrogens is 370 g/mol. The molecule has 0 unspecified atom stereocenters. The van der Waals surface area contributed by atoms with E-state index < -0.39 is 0 Å². The Hall–Kier alpha value is -3.31. The van der Waals surface area contributed by atoms with Gasteiger partial charge in [-0.25, -0.2) is 9.78 Å². The third kappa shape index (κ3) is 7.31. The van der Waals surface area contributed by atoms with Crippen LogP contribution in [0.4, 0.5) is 10.5 Å². The predicted molar refractivity (Wildman–Crippen MR) is 111 cm³/mol. The van der Waals surface area contributed by atoms with Crippen LogP contribution in [0.5, 0.6) is 17.4 Å². The highest BCUT2D eigenvalue weighted by Crippen LogP contribution is 2.28. The molecule has 0 atom stereocenters. The largest absolute Gasteiger partial charge is 0.497 e. The van der Waals surface area contributed by atoms with Crippen molar-refractivity contribution in [1.29, 1.82) is 5.26 Å². The normalized spacial score (nSPS) is 10.3. The molecule has 0 saturated carbocycles. The van der Waals surface area contributed by atoms with Gasteiger partial charge >= 0.3 is 6.03 Å². The first-order valence-electron chi connectivity index (χ1n) is 9.38. The van der Waals surface area contributed by atoms with Crippen molar-refractivity contribution in [2.45, 2.75) is 12.8 Å². The molecule has 0 aliphatic heterocycles. The quantitative estimate of drug-likeness (QED) is 0.659. The summed E-state index contributed by atoms with van der Waals surface area (Å²) in [6.45, 7) is 1.78. The van der Waals surface area contributed by atoms with Crippen molar-refractivity contribution < 1.29 is 14.3 Å². The highest BCUT2D eigenvalue weighted by atomic mass is 16.5. The van der Waals surface area contributed by atoms with E-state index in [4.69, 9.17) is 14.7 Å². The average Bonchev–Trinajstić information content (AvgIpc) is 2.72. The first-order valence-corrected chi connectivity index (χ1v) is 9.38. The molecule has 1 heterocycles. The van der Waals surface area contributed by atoms with E-state index in [2.05, 4.69) is 21.3 Å². The molecular formula is C21H27N5O3. The average molecular weight is 397 g/mol. The lowest BCUT2D eigenvalue weighted by molar-refractivity contribution is 0.209. The van der Waals surface area contributed by atoms with Crippen LogP contribution in [-0.2, 0) is 0 Å². The molecule has 1 aromatic carbocycles. The monoisotopic (exact) mass is 397 g/mol. The van der Waals surface area contributed by atoms with Gasteiger partial charge in [-0.05, 0) is 63.5 Å². The van der Waals surface area contributed by atoms with Gasteiger partial charge in [0.1, 0.15) is 17.2 Å². The summed E-state index contributed by atoms with van der Waals surface area (Å²) >= 11 is 0. The van der Waals surface area contributed by atoms with Crippen LogP contribution in [0.25, 0.3) is 0 Å². The van der Waals surface area contributed by atoms with Crippen molar-refractivity contribution in [2.24, 2.45) is 0 Å². The second-order valence-electron chi connectivity index (χ2n) is 6.62. The zero-order valence-electron chi connectivity index (χ0n) is 17.1. The number of pyridine rings is 1. The van der Waals surface area contributed by atoms with Crippen LogP contribution >= 0.6 is 0 Å². The Bertz CT molecular complexity index is 818. The number of nitriles is 1. The standard InChI is InChI=1S/C21H27N5O3/c1-25(2)14-6-16-26(15-5-12-22)21(27)24-19-7-4-13-23-20(19)29-18-10-8-17(28-3)9-11-18/h4,7-11,13H,5-6,14-16H2,1-3H3,(H,24,27). The maximum Gasteiger partial charge on any atom is 0.322 e. The summed E-state index contributed by atoms with van der Waals surface area (Å²) < 4.78 is 11.0. The molecule has 0 radical (unpaired) electrons. The summed E-state index contributed by atoms with van der Waals surface area (Å²) in [4.78, 5) is 20.7. The summed E-state index contributed by atoms with van der Waals surface area (Å²) in [6, 6.07) is 12.3. The van der Waals surface area contributed by atoms with E-state index in [0.29, 0.717) is 30.4 Å². The highest BCUT2D eigenvalue weighted by Gasteiger charge is 2.16. The number of nitrogens with one attached hydrogen (secondary N) is 1. The van der Waals surface area contributed by atoms with E-state index in [1.807, 2.05) is 14.1 Å². The number of ether oxygens (including phenoxy) is 2. The molecule has 8 heteroatoms. The molecule has 0 aliphatic rings. The number of urea groups is 1. The summed E-state index contributed by atoms with van der Waals surface area (Å²) in [5, 5.41) is 11.7. The van der Waals surface area contributed by atoms with Crippen LogP contribution in [0.1, 0.15) is 12.8 Å². The predicted octanol–water partition coefficient (Wildman–Crippen LogP) is 3.58. The van der Waals surface area contributed by atoms with Gasteiger partial charge < -0.3 is 24.6 Å². The number of benzene rings is 1. The fourth-order valence-corrected chi connectivity index (χ4v) is 2.59. The first-order chi connectivity index (χ1) is 14.0. The summed E-state index contributed by atoms with van der Waals surface area (Å²) in [5.41, 5.74) is 0.461. The lowest BCUT2D eigenvalue weighted by atomic mass is 10.3. The van der Waals surface area contributed by atoms with E-state index in [1.54, 1.807) is 54.6 Å². The number of carbonyl (C=O) groups excluding carboxylic acids is 1. The van der Waals surface area contributed by atoms with Gasteiger partial charge in [-0.1, -0.05) is 0 Å². The van der Waals surface area contributed by atoms with Crippen LogP contribution in [0.2, 0.25) is 0 Å². The lowest BCUT2D eigenvalue weighted by Crippen LogP contribution is -2.37. The Kier molecular flexibility index (Phi) is 8.73. The number of nitrogens with zero attached hydrogens (tertiary/aromatic N) is 4. The molecule has 0 fully saturated rings. The number of methoxy groups -OCH3 is 1. The Labute approximate surface area is 171 Å². The second kappa shape index (κ2) is 11.5. The van der Waals surface area contributed by atoms with E-state index in [9.17, 15) is 4.79 Å². The van der Waals surface area contributed by atoms with Crippen molar-refractivity contribution in [2.75, 3.05) is 46.2 Å². The van der Waals surface area contributed by atoms with Gasteiger partial charge in [0.15, 0.2) is 0 Å². The minimum absolute atomic E-state index is 0.275. The van der Waals surface area contributed by atoms with Crippen LogP contribution in [-0.4, -0.2) is 61.7 Å². The van der Waals surface area contributed by atoms with E-state index in [-0.39, 0.29) is 12.5 Å².